The molecule has 3 N–H and O–H groups in total. The van der Waals surface area contributed by atoms with Gasteiger partial charge in [-0.05, 0) is 24.5 Å². The van der Waals surface area contributed by atoms with E-state index in [1.54, 1.807) is 6.07 Å². The molecule has 0 aliphatic heterocycles. The zero-order chi connectivity index (χ0) is 8.27. The number of hydrogen-bond donors (Lipinski definition) is 2. The summed E-state index contributed by atoms with van der Waals surface area (Å²) in [6.07, 6.45) is 0.671. The van der Waals surface area contributed by atoms with Crippen LogP contribution in [0.1, 0.15) is 11.1 Å². The molecule has 59 valence electrons. The normalized spacial score (nSPS) is 10.0. The molecule has 0 saturated carbocycles. The van der Waals surface area contributed by atoms with Gasteiger partial charge in [-0.15, -0.1) is 0 Å². The van der Waals surface area contributed by atoms with Crippen LogP contribution in [-0.4, -0.2) is 11.7 Å². The molecule has 2 nitrogen and oxygen atoms in total. The smallest absolute Gasteiger partial charge is 0.0471 e. The fraction of sp³-hybridized carbons (Fsp3) is 0.333. The molecule has 1 aromatic rings. The Bertz CT molecular complexity index is 245. The van der Waals surface area contributed by atoms with E-state index < -0.39 is 0 Å². The summed E-state index contributed by atoms with van der Waals surface area (Å²) in [4.78, 5) is 0. The minimum absolute atomic E-state index is 0.171. The lowest BCUT2D eigenvalue weighted by Gasteiger charge is -2.05. The maximum Gasteiger partial charge on any atom is 0.0471 e. The second-order valence-corrected chi connectivity index (χ2v) is 2.52. The highest BCUT2D eigenvalue weighted by Crippen LogP contribution is 2.14. The zero-order valence-corrected chi connectivity index (χ0v) is 6.59. The number of nitrogen functional groups attached to an aromatic ring is 1. The van der Waals surface area contributed by atoms with E-state index in [4.69, 9.17) is 10.8 Å². The van der Waals surface area contributed by atoms with E-state index in [1.165, 1.54) is 0 Å². The molecule has 1 radical (unpaired) electrons. The van der Waals surface area contributed by atoms with E-state index in [-0.39, 0.29) is 6.61 Å². The second-order valence-electron chi connectivity index (χ2n) is 2.52. The number of benzene rings is 1. The predicted molar refractivity (Wildman–Crippen MR) is 45.2 cm³/mol. The molecule has 0 fully saturated rings. The summed E-state index contributed by atoms with van der Waals surface area (Å²) in [5, 5.41) is 8.68. The van der Waals surface area contributed by atoms with Gasteiger partial charge in [-0.2, -0.15) is 0 Å². The van der Waals surface area contributed by atoms with Gasteiger partial charge in [-0.3, -0.25) is 0 Å². The molecule has 0 amide bonds. The largest absolute Gasteiger partial charge is 0.398 e. The molecule has 0 heterocycles. The molecule has 2 heteroatoms. The summed E-state index contributed by atoms with van der Waals surface area (Å²) in [6.45, 7) is 2.11. The number of hydrogen-bond acceptors (Lipinski definition) is 2. The summed E-state index contributed by atoms with van der Waals surface area (Å²) in [6, 6.07) is 6.61. The van der Waals surface area contributed by atoms with Crippen molar-refractivity contribution in [1.82, 2.24) is 0 Å². The van der Waals surface area contributed by atoms with Gasteiger partial charge in [0, 0.05) is 18.4 Å². The Hall–Kier alpha value is -1.02. The first kappa shape index (κ1) is 8.08. The number of anilines is 1. The Kier molecular flexibility index (Phi) is 2.49. The predicted octanol–water partition coefficient (Wildman–Crippen LogP) is 0.912. The van der Waals surface area contributed by atoms with Crippen molar-refractivity contribution in [2.24, 2.45) is 0 Å². The summed E-state index contributed by atoms with van der Waals surface area (Å²) in [5.41, 5.74) is 8.42. The van der Waals surface area contributed by atoms with Gasteiger partial charge in [0.25, 0.3) is 0 Å². The third-order valence-electron chi connectivity index (χ3n) is 1.79. The van der Waals surface area contributed by atoms with Crippen molar-refractivity contribution in [1.29, 1.82) is 0 Å². The summed E-state index contributed by atoms with van der Waals surface area (Å²) in [5.74, 6) is 0. The van der Waals surface area contributed by atoms with Gasteiger partial charge >= 0.3 is 0 Å². The third-order valence-corrected chi connectivity index (χ3v) is 1.79. The Morgan fingerprint density at radius 1 is 1.64 bits per heavy atom. The van der Waals surface area contributed by atoms with Gasteiger partial charge < -0.3 is 10.8 Å². The highest BCUT2D eigenvalue weighted by atomic mass is 16.2. The van der Waals surface area contributed by atoms with Gasteiger partial charge in [0.15, 0.2) is 0 Å². The Morgan fingerprint density at radius 3 is 3.00 bits per heavy atom. The number of nitrogens with two attached hydrogens (primary N) is 1. The van der Waals surface area contributed by atoms with Gasteiger partial charge in [-0.25, -0.2) is 0 Å². The summed E-state index contributed by atoms with van der Waals surface area (Å²) in [7, 11) is 0. The van der Waals surface area contributed by atoms with E-state index in [2.05, 4.69) is 6.07 Å². The molecule has 0 unspecified atom stereocenters. The lowest BCUT2D eigenvalue weighted by Crippen LogP contribution is -1.97. The average molecular weight is 150 g/mol. The van der Waals surface area contributed by atoms with Crippen LogP contribution in [0.3, 0.4) is 0 Å². The second kappa shape index (κ2) is 3.39. The topological polar surface area (TPSA) is 46.2 Å². The SMILES string of the molecule is Cc1c(N)[c]ccc1CCO. The van der Waals surface area contributed by atoms with E-state index in [9.17, 15) is 0 Å². The molecule has 11 heavy (non-hydrogen) atoms. The molecule has 0 saturated heterocycles. The lowest BCUT2D eigenvalue weighted by atomic mass is 10.0. The molecule has 0 atom stereocenters. The van der Waals surface area contributed by atoms with Crippen LogP contribution in [0.25, 0.3) is 0 Å². The van der Waals surface area contributed by atoms with Gasteiger partial charge in [0.05, 0.1) is 0 Å². The minimum Gasteiger partial charge on any atom is -0.398 e. The fourth-order valence-electron chi connectivity index (χ4n) is 1.03. The first-order valence-corrected chi connectivity index (χ1v) is 3.62. The maximum atomic E-state index is 8.68. The van der Waals surface area contributed by atoms with Crippen molar-refractivity contribution >= 4 is 5.69 Å². The van der Waals surface area contributed by atoms with Crippen LogP contribution < -0.4 is 5.73 Å². The molecule has 0 spiro atoms. The van der Waals surface area contributed by atoms with Crippen molar-refractivity contribution in [3.05, 3.63) is 29.3 Å². The van der Waals surface area contributed by atoms with Gasteiger partial charge in [-0.1, -0.05) is 12.1 Å². The van der Waals surface area contributed by atoms with Crippen molar-refractivity contribution in [3.8, 4) is 0 Å². The lowest BCUT2D eigenvalue weighted by molar-refractivity contribution is 0.299. The molecular formula is C9H12NO. The van der Waals surface area contributed by atoms with Crippen LogP contribution in [0.2, 0.25) is 0 Å². The Labute approximate surface area is 66.7 Å². The maximum absolute atomic E-state index is 8.68. The van der Waals surface area contributed by atoms with Crippen molar-refractivity contribution in [3.63, 3.8) is 0 Å². The first-order chi connectivity index (χ1) is 5.25. The molecule has 0 aliphatic rings. The van der Waals surface area contributed by atoms with E-state index in [0.29, 0.717) is 12.1 Å². The molecule has 0 aromatic heterocycles. The van der Waals surface area contributed by atoms with Crippen LogP contribution in [0.15, 0.2) is 12.1 Å². The number of aliphatic hydroxyl groups is 1. The zero-order valence-electron chi connectivity index (χ0n) is 6.59. The number of aliphatic hydroxyl groups excluding tert-OH is 1. The standard InChI is InChI=1S/C9H12NO/c1-7-8(5-6-11)3-2-4-9(7)10/h2-3,11H,5-6,10H2,1H3. The molecule has 0 aliphatic carbocycles. The molecular weight excluding hydrogens is 138 g/mol. The first-order valence-electron chi connectivity index (χ1n) is 3.62. The average Bonchev–Trinajstić information content (AvgIpc) is 1.99. The molecule has 1 aromatic carbocycles. The molecule has 0 bridgehead atoms. The highest BCUT2D eigenvalue weighted by molar-refractivity contribution is 5.48. The van der Waals surface area contributed by atoms with Crippen molar-refractivity contribution in [2.75, 3.05) is 12.3 Å². The van der Waals surface area contributed by atoms with Gasteiger partial charge in [0.1, 0.15) is 0 Å². The Morgan fingerprint density at radius 2 is 2.36 bits per heavy atom. The van der Waals surface area contributed by atoms with Crippen LogP contribution in [-0.2, 0) is 6.42 Å². The van der Waals surface area contributed by atoms with Crippen molar-refractivity contribution < 1.29 is 5.11 Å². The van der Waals surface area contributed by atoms with Crippen LogP contribution in [0.5, 0.6) is 0 Å². The van der Waals surface area contributed by atoms with Crippen molar-refractivity contribution in [2.45, 2.75) is 13.3 Å². The highest BCUT2D eigenvalue weighted by Gasteiger charge is 1.99. The quantitative estimate of drug-likeness (QED) is 0.615. The minimum atomic E-state index is 0.171. The summed E-state index contributed by atoms with van der Waals surface area (Å²) < 4.78 is 0. The fourth-order valence-corrected chi connectivity index (χ4v) is 1.03. The van der Waals surface area contributed by atoms with Crippen LogP contribution >= 0.6 is 0 Å². The molecule has 1 rings (SSSR count). The van der Waals surface area contributed by atoms with E-state index >= 15 is 0 Å². The van der Waals surface area contributed by atoms with Crippen LogP contribution in [0, 0.1) is 13.0 Å². The van der Waals surface area contributed by atoms with Crippen LogP contribution in [0.4, 0.5) is 5.69 Å². The third kappa shape index (κ3) is 1.71. The number of rotatable bonds is 2. The Balaban J connectivity index is 2.96. The van der Waals surface area contributed by atoms with E-state index in [0.717, 1.165) is 11.1 Å². The summed E-state index contributed by atoms with van der Waals surface area (Å²) >= 11 is 0. The van der Waals surface area contributed by atoms with E-state index in [1.807, 2.05) is 13.0 Å². The van der Waals surface area contributed by atoms with Gasteiger partial charge in [0.2, 0.25) is 0 Å². The monoisotopic (exact) mass is 150 g/mol.